The van der Waals surface area contributed by atoms with Crippen LogP contribution in [0.5, 0.6) is 5.75 Å². The Bertz CT molecular complexity index is 305. The molecule has 0 bridgehead atoms. The number of hydrogen-bond donors (Lipinski definition) is 2. The van der Waals surface area contributed by atoms with Crippen molar-refractivity contribution in [2.45, 2.75) is 13.3 Å². The van der Waals surface area contributed by atoms with Gasteiger partial charge in [-0.3, -0.25) is 0 Å². The van der Waals surface area contributed by atoms with Gasteiger partial charge in [-0.1, -0.05) is 31.2 Å². The Kier molecular flexibility index (Phi) is 3.53. The first-order valence-corrected chi connectivity index (χ1v) is 4.47. The maximum absolute atomic E-state index is 9.56. The topological polar surface area (TPSA) is 46.2 Å². The summed E-state index contributed by atoms with van der Waals surface area (Å²) >= 11 is 0. The summed E-state index contributed by atoms with van der Waals surface area (Å²) in [6.07, 6.45) is 2.82. The number of nitrogens with two attached hydrogens (primary N) is 1. The Balaban J connectivity index is 3.05. The monoisotopic (exact) mass is 177 g/mol. The summed E-state index contributed by atoms with van der Waals surface area (Å²) in [5.74, 6) is 0.323. The van der Waals surface area contributed by atoms with Crippen molar-refractivity contribution in [1.82, 2.24) is 0 Å². The third kappa shape index (κ3) is 2.33. The maximum Gasteiger partial charge on any atom is 0.123 e. The minimum Gasteiger partial charge on any atom is -0.507 e. The standard InChI is InChI=1S/C11H15NO/c1-2-9(7-8-12)10-5-3-4-6-11(10)13/h3-7,13H,2,8,12H2,1H3/b9-7-. The van der Waals surface area contributed by atoms with E-state index in [9.17, 15) is 5.11 Å². The molecule has 0 amide bonds. The zero-order valence-corrected chi connectivity index (χ0v) is 7.83. The van der Waals surface area contributed by atoms with E-state index >= 15 is 0 Å². The molecule has 0 fully saturated rings. The van der Waals surface area contributed by atoms with Crippen molar-refractivity contribution < 1.29 is 5.11 Å². The van der Waals surface area contributed by atoms with Crippen molar-refractivity contribution in [3.8, 4) is 5.75 Å². The second-order valence-electron chi connectivity index (χ2n) is 2.84. The second kappa shape index (κ2) is 4.67. The molecule has 0 aliphatic carbocycles. The molecule has 13 heavy (non-hydrogen) atoms. The van der Waals surface area contributed by atoms with Crippen molar-refractivity contribution in [2.75, 3.05) is 6.54 Å². The van der Waals surface area contributed by atoms with E-state index in [-0.39, 0.29) is 0 Å². The molecule has 1 rings (SSSR count). The minimum absolute atomic E-state index is 0.323. The molecule has 0 unspecified atom stereocenters. The lowest BCUT2D eigenvalue weighted by Gasteiger charge is -2.06. The quantitative estimate of drug-likeness (QED) is 0.743. The third-order valence-corrected chi connectivity index (χ3v) is 2.00. The SMILES string of the molecule is CC/C(=C/CN)c1ccccc1O. The van der Waals surface area contributed by atoms with Crippen LogP contribution in [0.4, 0.5) is 0 Å². The van der Waals surface area contributed by atoms with E-state index in [2.05, 4.69) is 0 Å². The summed E-state index contributed by atoms with van der Waals surface area (Å²) in [5.41, 5.74) is 7.42. The molecule has 0 aliphatic rings. The number of para-hydroxylation sites is 1. The van der Waals surface area contributed by atoms with Crippen LogP contribution >= 0.6 is 0 Å². The highest BCUT2D eigenvalue weighted by molar-refractivity contribution is 5.70. The van der Waals surface area contributed by atoms with Gasteiger partial charge in [-0.15, -0.1) is 0 Å². The van der Waals surface area contributed by atoms with Crippen LogP contribution in [-0.2, 0) is 0 Å². The average Bonchev–Trinajstić information content (AvgIpc) is 2.16. The van der Waals surface area contributed by atoms with Gasteiger partial charge in [0, 0.05) is 12.1 Å². The number of phenolic OH excluding ortho intramolecular Hbond substituents is 1. The molecule has 3 N–H and O–H groups in total. The highest BCUT2D eigenvalue weighted by atomic mass is 16.3. The molecular formula is C11H15NO. The fourth-order valence-corrected chi connectivity index (χ4v) is 1.33. The number of rotatable bonds is 3. The lowest BCUT2D eigenvalue weighted by atomic mass is 10.0. The van der Waals surface area contributed by atoms with Crippen LogP contribution in [0.25, 0.3) is 5.57 Å². The first-order chi connectivity index (χ1) is 6.29. The maximum atomic E-state index is 9.56. The van der Waals surface area contributed by atoms with Crippen molar-refractivity contribution in [1.29, 1.82) is 0 Å². The largest absolute Gasteiger partial charge is 0.507 e. The van der Waals surface area contributed by atoms with E-state index in [1.54, 1.807) is 6.07 Å². The van der Waals surface area contributed by atoms with Gasteiger partial charge in [0.15, 0.2) is 0 Å². The second-order valence-corrected chi connectivity index (χ2v) is 2.84. The molecule has 70 valence electrons. The van der Waals surface area contributed by atoms with Gasteiger partial charge in [0.1, 0.15) is 5.75 Å². The van der Waals surface area contributed by atoms with E-state index in [0.29, 0.717) is 12.3 Å². The number of hydrogen-bond acceptors (Lipinski definition) is 2. The Morgan fingerprint density at radius 2 is 2.15 bits per heavy atom. The van der Waals surface area contributed by atoms with E-state index in [0.717, 1.165) is 17.6 Å². The van der Waals surface area contributed by atoms with Gasteiger partial charge in [-0.05, 0) is 18.1 Å². The fraction of sp³-hybridized carbons (Fsp3) is 0.273. The van der Waals surface area contributed by atoms with Crippen molar-refractivity contribution in [2.24, 2.45) is 5.73 Å². The van der Waals surface area contributed by atoms with Crippen LogP contribution in [0.1, 0.15) is 18.9 Å². The van der Waals surface area contributed by atoms with Gasteiger partial charge >= 0.3 is 0 Å². The highest BCUT2D eigenvalue weighted by Gasteiger charge is 2.02. The Hall–Kier alpha value is -1.28. The first kappa shape index (κ1) is 9.81. The van der Waals surface area contributed by atoms with Gasteiger partial charge in [0.25, 0.3) is 0 Å². The summed E-state index contributed by atoms with van der Waals surface area (Å²) in [7, 11) is 0. The normalized spacial score (nSPS) is 11.7. The number of aromatic hydroxyl groups is 1. The van der Waals surface area contributed by atoms with Crippen LogP contribution in [0.2, 0.25) is 0 Å². The summed E-state index contributed by atoms with van der Waals surface area (Å²) in [6, 6.07) is 7.32. The molecule has 0 aromatic heterocycles. The number of benzene rings is 1. The fourth-order valence-electron chi connectivity index (χ4n) is 1.33. The molecule has 0 heterocycles. The van der Waals surface area contributed by atoms with Crippen molar-refractivity contribution in [3.05, 3.63) is 35.9 Å². The molecule has 0 radical (unpaired) electrons. The Morgan fingerprint density at radius 1 is 1.46 bits per heavy atom. The van der Waals surface area contributed by atoms with Gasteiger partial charge in [0.05, 0.1) is 0 Å². The van der Waals surface area contributed by atoms with Crippen LogP contribution in [-0.4, -0.2) is 11.7 Å². The van der Waals surface area contributed by atoms with Crippen LogP contribution in [0.15, 0.2) is 30.3 Å². The van der Waals surface area contributed by atoms with Gasteiger partial charge in [-0.2, -0.15) is 0 Å². The summed E-state index contributed by atoms with van der Waals surface area (Å²) in [6.45, 7) is 2.56. The smallest absolute Gasteiger partial charge is 0.123 e. The number of phenols is 1. The molecule has 0 spiro atoms. The summed E-state index contributed by atoms with van der Waals surface area (Å²) < 4.78 is 0. The Labute approximate surface area is 78.7 Å². The molecular weight excluding hydrogens is 162 g/mol. The molecule has 0 aliphatic heterocycles. The molecule has 1 aromatic carbocycles. The summed E-state index contributed by atoms with van der Waals surface area (Å²) in [4.78, 5) is 0. The van der Waals surface area contributed by atoms with Crippen LogP contribution in [0, 0.1) is 0 Å². The lowest BCUT2D eigenvalue weighted by Crippen LogP contribution is -1.95. The van der Waals surface area contributed by atoms with Crippen LogP contribution in [0.3, 0.4) is 0 Å². The Morgan fingerprint density at radius 3 is 2.69 bits per heavy atom. The van der Waals surface area contributed by atoms with Crippen molar-refractivity contribution in [3.63, 3.8) is 0 Å². The zero-order chi connectivity index (χ0) is 9.68. The molecule has 0 atom stereocenters. The minimum atomic E-state index is 0.323. The molecule has 0 saturated heterocycles. The van der Waals surface area contributed by atoms with Crippen molar-refractivity contribution >= 4 is 5.57 Å². The van der Waals surface area contributed by atoms with Crippen LogP contribution < -0.4 is 5.73 Å². The predicted octanol–water partition coefficient (Wildman–Crippen LogP) is 2.14. The molecule has 2 heteroatoms. The molecule has 1 aromatic rings. The average molecular weight is 177 g/mol. The third-order valence-electron chi connectivity index (χ3n) is 2.00. The summed E-state index contributed by atoms with van der Waals surface area (Å²) in [5, 5.41) is 9.56. The molecule has 2 nitrogen and oxygen atoms in total. The van der Waals surface area contributed by atoms with E-state index in [1.807, 2.05) is 31.2 Å². The van der Waals surface area contributed by atoms with E-state index < -0.39 is 0 Å². The van der Waals surface area contributed by atoms with E-state index in [4.69, 9.17) is 5.73 Å². The first-order valence-electron chi connectivity index (χ1n) is 4.47. The van der Waals surface area contributed by atoms with Gasteiger partial charge < -0.3 is 10.8 Å². The predicted molar refractivity (Wildman–Crippen MR) is 55.4 cm³/mol. The molecule has 0 saturated carbocycles. The lowest BCUT2D eigenvalue weighted by molar-refractivity contribution is 0.473. The van der Waals surface area contributed by atoms with Gasteiger partial charge in [-0.25, -0.2) is 0 Å². The van der Waals surface area contributed by atoms with E-state index in [1.165, 1.54) is 0 Å². The van der Waals surface area contributed by atoms with Gasteiger partial charge in [0.2, 0.25) is 0 Å². The zero-order valence-electron chi connectivity index (χ0n) is 7.83. The number of allylic oxidation sites excluding steroid dienone is 1. The highest BCUT2D eigenvalue weighted by Crippen LogP contribution is 2.26.